The summed E-state index contributed by atoms with van der Waals surface area (Å²) in [5, 5.41) is 9.27. The number of phenolic OH excluding ortho intramolecular Hbond substituents is 1. The fraction of sp³-hybridized carbons (Fsp3) is 0.500. The Labute approximate surface area is 119 Å². The Balaban J connectivity index is 1.83. The van der Waals surface area contributed by atoms with E-state index in [9.17, 15) is 5.11 Å². The van der Waals surface area contributed by atoms with Crippen LogP contribution in [0.5, 0.6) is 5.75 Å². The SMILES string of the molecule is CC(C(N)=S)N1CCN(Cc2ccc(O)cc2)CC1. The van der Waals surface area contributed by atoms with E-state index in [0.717, 1.165) is 32.7 Å². The van der Waals surface area contributed by atoms with E-state index in [1.165, 1.54) is 5.56 Å². The number of nitrogens with zero attached hydrogens (tertiary/aromatic N) is 2. The molecule has 1 atom stereocenters. The number of hydrogen-bond acceptors (Lipinski definition) is 4. The molecule has 3 N–H and O–H groups in total. The van der Waals surface area contributed by atoms with Crippen LogP contribution in [0.3, 0.4) is 0 Å². The van der Waals surface area contributed by atoms with Gasteiger partial charge in [-0.05, 0) is 24.6 Å². The number of rotatable bonds is 4. The number of piperazine rings is 1. The first-order chi connectivity index (χ1) is 9.06. The topological polar surface area (TPSA) is 52.7 Å². The summed E-state index contributed by atoms with van der Waals surface area (Å²) in [5.41, 5.74) is 6.92. The van der Waals surface area contributed by atoms with Crippen LogP contribution >= 0.6 is 12.2 Å². The summed E-state index contributed by atoms with van der Waals surface area (Å²) in [6.07, 6.45) is 0. The number of phenols is 1. The zero-order valence-corrected chi connectivity index (χ0v) is 12.1. The van der Waals surface area contributed by atoms with Crippen molar-refractivity contribution in [1.82, 2.24) is 9.80 Å². The maximum absolute atomic E-state index is 9.27. The van der Waals surface area contributed by atoms with Gasteiger partial charge in [0.15, 0.2) is 0 Å². The highest BCUT2D eigenvalue weighted by Gasteiger charge is 2.22. The normalized spacial score (nSPS) is 19.2. The van der Waals surface area contributed by atoms with Crippen LogP contribution in [-0.2, 0) is 6.54 Å². The standard InChI is InChI=1S/C14H21N3OS/c1-11(14(15)19)17-8-6-16(7-9-17)10-12-2-4-13(18)5-3-12/h2-5,11,18H,6-10H2,1H3,(H2,15,19). The summed E-state index contributed by atoms with van der Waals surface area (Å²) < 4.78 is 0. The Morgan fingerprint density at radius 1 is 1.26 bits per heavy atom. The number of nitrogens with two attached hydrogens (primary N) is 1. The third-order valence-electron chi connectivity index (χ3n) is 3.71. The number of benzene rings is 1. The second-order valence-electron chi connectivity index (χ2n) is 5.06. The molecule has 0 saturated carbocycles. The van der Waals surface area contributed by atoms with Crippen LogP contribution in [0.4, 0.5) is 0 Å². The van der Waals surface area contributed by atoms with E-state index in [4.69, 9.17) is 18.0 Å². The van der Waals surface area contributed by atoms with Crippen molar-refractivity contribution in [1.29, 1.82) is 0 Å². The monoisotopic (exact) mass is 279 g/mol. The molecule has 0 spiro atoms. The Hall–Kier alpha value is -1.17. The lowest BCUT2D eigenvalue weighted by Gasteiger charge is -2.37. The summed E-state index contributed by atoms with van der Waals surface area (Å²) >= 11 is 5.04. The van der Waals surface area contributed by atoms with E-state index in [-0.39, 0.29) is 6.04 Å². The maximum Gasteiger partial charge on any atom is 0.115 e. The number of aromatic hydroxyl groups is 1. The van der Waals surface area contributed by atoms with E-state index >= 15 is 0 Å². The minimum absolute atomic E-state index is 0.186. The summed E-state index contributed by atoms with van der Waals surface area (Å²) in [7, 11) is 0. The fourth-order valence-electron chi connectivity index (χ4n) is 2.35. The van der Waals surface area contributed by atoms with Gasteiger partial charge in [0.25, 0.3) is 0 Å². The molecule has 0 bridgehead atoms. The van der Waals surface area contributed by atoms with Gasteiger partial charge in [-0.2, -0.15) is 0 Å². The average Bonchev–Trinajstić information content (AvgIpc) is 2.41. The first kappa shape index (κ1) is 14.2. The van der Waals surface area contributed by atoms with Crippen molar-refractivity contribution in [3.8, 4) is 5.75 Å². The molecule has 0 radical (unpaired) electrons. The van der Waals surface area contributed by atoms with Crippen LogP contribution in [-0.4, -0.2) is 52.1 Å². The molecule has 0 amide bonds. The van der Waals surface area contributed by atoms with Crippen LogP contribution < -0.4 is 5.73 Å². The third kappa shape index (κ3) is 3.89. The van der Waals surface area contributed by atoms with Crippen molar-refractivity contribution in [3.63, 3.8) is 0 Å². The highest BCUT2D eigenvalue weighted by atomic mass is 32.1. The Bertz CT molecular complexity index is 427. The molecule has 0 aromatic heterocycles. The lowest BCUT2D eigenvalue weighted by molar-refractivity contribution is 0.118. The highest BCUT2D eigenvalue weighted by molar-refractivity contribution is 7.80. The van der Waals surface area contributed by atoms with Gasteiger partial charge < -0.3 is 10.8 Å². The van der Waals surface area contributed by atoms with Crippen molar-refractivity contribution in [2.75, 3.05) is 26.2 Å². The van der Waals surface area contributed by atoms with Gasteiger partial charge in [0.2, 0.25) is 0 Å². The van der Waals surface area contributed by atoms with Gasteiger partial charge in [-0.15, -0.1) is 0 Å². The van der Waals surface area contributed by atoms with E-state index in [1.807, 2.05) is 12.1 Å². The Kier molecular flexibility index (Phi) is 4.74. The molecular formula is C14H21N3OS. The summed E-state index contributed by atoms with van der Waals surface area (Å²) in [6, 6.07) is 7.60. The molecule has 1 saturated heterocycles. The van der Waals surface area contributed by atoms with Crippen molar-refractivity contribution in [2.45, 2.75) is 19.5 Å². The van der Waals surface area contributed by atoms with Crippen LogP contribution in [0, 0.1) is 0 Å². The van der Waals surface area contributed by atoms with Gasteiger partial charge >= 0.3 is 0 Å². The first-order valence-electron chi connectivity index (χ1n) is 6.60. The molecule has 1 aromatic rings. The third-order valence-corrected chi connectivity index (χ3v) is 4.05. The van der Waals surface area contributed by atoms with Gasteiger partial charge in [-0.1, -0.05) is 24.4 Å². The summed E-state index contributed by atoms with van der Waals surface area (Å²) in [5.74, 6) is 0.318. The van der Waals surface area contributed by atoms with Gasteiger partial charge in [0.05, 0.1) is 11.0 Å². The molecule has 1 aromatic carbocycles. The first-order valence-corrected chi connectivity index (χ1v) is 7.00. The van der Waals surface area contributed by atoms with Crippen LogP contribution in [0.15, 0.2) is 24.3 Å². The lowest BCUT2D eigenvalue weighted by atomic mass is 10.1. The predicted molar refractivity (Wildman–Crippen MR) is 81.2 cm³/mol. The van der Waals surface area contributed by atoms with Gasteiger partial charge in [0, 0.05) is 32.7 Å². The minimum Gasteiger partial charge on any atom is -0.508 e. The summed E-state index contributed by atoms with van der Waals surface area (Å²) in [6.45, 7) is 7.03. The van der Waals surface area contributed by atoms with Crippen LogP contribution in [0.2, 0.25) is 0 Å². The zero-order valence-electron chi connectivity index (χ0n) is 11.2. The molecule has 104 valence electrons. The fourth-order valence-corrected chi connectivity index (χ4v) is 2.50. The molecule has 5 heteroatoms. The van der Waals surface area contributed by atoms with Crippen molar-refractivity contribution < 1.29 is 5.11 Å². The molecule has 4 nitrogen and oxygen atoms in total. The average molecular weight is 279 g/mol. The van der Waals surface area contributed by atoms with E-state index < -0.39 is 0 Å². The highest BCUT2D eigenvalue weighted by Crippen LogP contribution is 2.14. The van der Waals surface area contributed by atoms with Crippen molar-refractivity contribution >= 4 is 17.2 Å². The second kappa shape index (κ2) is 6.32. The Morgan fingerprint density at radius 3 is 2.37 bits per heavy atom. The van der Waals surface area contributed by atoms with Crippen LogP contribution in [0.25, 0.3) is 0 Å². The quantitative estimate of drug-likeness (QED) is 0.811. The van der Waals surface area contributed by atoms with Gasteiger partial charge in [0.1, 0.15) is 5.75 Å². The van der Waals surface area contributed by atoms with Crippen LogP contribution in [0.1, 0.15) is 12.5 Å². The largest absolute Gasteiger partial charge is 0.508 e. The number of hydrogen-bond donors (Lipinski definition) is 2. The van der Waals surface area contributed by atoms with E-state index in [2.05, 4.69) is 16.7 Å². The molecule has 1 heterocycles. The smallest absolute Gasteiger partial charge is 0.115 e. The zero-order chi connectivity index (χ0) is 13.8. The van der Waals surface area contributed by atoms with E-state index in [1.54, 1.807) is 12.1 Å². The summed E-state index contributed by atoms with van der Waals surface area (Å²) in [4.78, 5) is 5.32. The molecule has 2 rings (SSSR count). The van der Waals surface area contributed by atoms with Crippen molar-refractivity contribution in [2.24, 2.45) is 5.73 Å². The van der Waals surface area contributed by atoms with Gasteiger partial charge in [-0.3, -0.25) is 9.80 Å². The molecule has 1 fully saturated rings. The van der Waals surface area contributed by atoms with Gasteiger partial charge in [-0.25, -0.2) is 0 Å². The Morgan fingerprint density at radius 2 is 1.84 bits per heavy atom. The lowest BCUT2D eigenvalue weighted by Crippen LogP contribution is -2.52. The van der Waals surface area contributed by atoms with E-state index in [0.29, 0.717) is 10.7 Å². The molecule has 19 heavy (non-hydrogen) atoms. The predicted octanol–water partition coefficient (Wildman–Crippen LogP) is 1.18. The second-order valence-corrected chi connectivity index (χ2v) is 5.53. The minimum atomic E-state index is 0.186. The molecule has 1 unspecified atom stereocenters. The maximum atomic E-state index is 9.27. The molecule has 1 aliphatic heterocycles. The number of thiocarbonyl (C=S) groups is 1. The molecule has 0 aliphatic carbocycles. The van der Waals surface area contributed by atoms with Crippen molar-refractivity contribution in [3.05, 3.63) is 29.8 Å². The molecular weight excluding hydrogens is 258 g/mol. The molecule has 1 aliphatic rings.